The number of thioether (sulfide) groups is 1. The van der Waals surface area contributed by atoms with E-state index in [1.807, 2.05) is 31.2 Å². The van der Waals surface area contributed by atoms with Gasteiger partial charge in [0.2, 0.25) is 0 Å². The third-order valence-electron chi connectivity index (χ3n) is 2.51. The summed E-state index contributed by atoms with van der Waals surface area (Å²) < 4.78 is 24.5. The molecule has 0 radical (unpaired) electrons. The van der Waals surface area contributed by atoms with E-state index in [9.17, 15) is 8.78 Å². The molecule has 0 saturated heterocycles. The van der Waals surface area contributed by atoms with Gasteiger partial charge in [0.1, 0.15) is 0 Å². The quantitative estimate of drug-likeness (QED) is 0.738. The number of aryl methyl sites for hydroxylation is 1. The fourth-order valence-corrected chi connectivity index (χ4v) is 2.47. The van der Waals surface area contributed by atoms with Crippen molar-refractivity contribution in [2.24, 2.45) is 0 Å². The number of benzene rings is 1. The minimum absolute atomic E-state index is 0.0814. The van der Waals surface area contributed by atoms with Crippen molar-refractivity contribution in [3.63, 3.8) is 0 Å². The summed E-state index contributed by atoms with van der Waals surface area (Å²) in [5.41, 5.74) is 1.21. The molecule has 0 heterocycles. The third kappa shape index (κ3) is 6.33. The summed E-state index contributed by atoms with van der Waals surface area (Å²) in [5.74, 6) is 0.746. The first-order valence-electron chi connectivity index (χ1n) is 5.92. The first-order chi connectivity index (χ1) is 8.61. The third-order valence-corrected chi connectivity index (χ3v) is 3.50. The summed E-state index contributed by atoms with van der Waals surface area (Å²) in [6, 6.07) is 8.13. The zero-order chi connectivity index (χ0) is 13.4. The Balaban J connectivity index is 2.31. The molecular formula is C13H19F2NOS. The summed E-state index contributed by atoms with van der Waals surface area (Å²) >= 11 is 1.64. The van der Waals surface area contributed by atoms with Crippen molar-refractivity contribution < 1.29 is 13.9 Å². The number of nitrogens with zero attached hydrogens (tertiary/aromatic N) is 1. The van der Waals surface area contributed by atoms with E-state index in [0.29, 0.717) is 13.1 Å². The Morgan fingerprint density at radius 1 is 1.22 bits per heavy atom. The Morgan fingerprint density at radius 3 is 2.44 bits per heavy atom. The molecule has 2 nitrogen and oxygen atoms in total. The van der Waals surface area contributed by atoms with E-state index in [-0.39, 0.29) is 13.2 Å². The Morgan fingerprint density at radius 2 is 1.89 bits per heavy atom. The molecule has 1 aromatic carbocycles. The summed E-state index contributed by atoms with van der Waals surface area (Å²) in [5, 5.41) is 8.80. The molecule has 0 atom stereocenters. The summed E-state index contributed by atoms with van der Waals surface area (Å²) in [6.45, 7) is 2.54. The number of aliphatic hydroxyl groups is 1. The maximum absolute atomic E-state index is 12.3. The van der Waals surface area contributed by atoms with Gasteiger partial charge in [-0.25, -0.2) is 8.78 Å². The second kappa shape index (κ2) is 8.45. The molecule has 0 amide bonds. The topological polar surface area (TPSA) is 23.5 Å². The highest BCUT2D eigenvalue weighted by atomic mass is 32.2. The summed E-state index contributed by atoms with van der Waals surface area (Å²) in [4.78, 5) is 2.73. The van der Waals surface area contributed by atoms with Crippen molar-refractivity contribution in [2.75, 3.05) is 32.0 Å². The lowest BCUT2D eigenvalue weighted by atomic mass is 10.2. The largest absolute Gasteiger partial charge is 0.395 e. The Bertz CT molecular complexity index is 332. The van der Waals surface area contributed by atoms with Crippen LogP contribution in [-0.4, -0.2) is 48.4 Å². The van der Waals surface area contributed by atoms with Gasteiger partial charge in [0.15, 0.2) is 0 Å². The first kappa shape index (κ1) is 15.4. The number of hydrogen-bond acceptors (Lipinski definition) is 3. The number of rotatable bonds is 8. The molecule has 0 bridgehead atoms. The molecule has 0 aliphatic heterocycles. The predicted molar refractivity (Wildman–Crippen MR) is 71.4 cm³/mol. The van der Waals surface area contributed by atoms with Crippen LogP contribution in [0.25, 0.3) is 0 Å². The minimum atomic E-state index is -2.35. The van der Waals surface area contributed by atoms with Gasteiger partial charge in [-0.2, -0.15) is 0 Å². The highest BCUT2D eigenvalue weighted by Crippen LogP contribution is 2.18. The molecule has 0 aromatic heterocycles. The van der Waals surface area contributed by atoms with Crippen LogP contribution in [0.3, 0.4) is 0 Å². The van der Waals surface area contributed by atoms with Crippen LogP contribution in [0.15, 0.2) is 29.2 Å². The Labute approximate surface area is 111 Å². The van der Waals surface area contributed by atoms with Crippen molar-refractivity contribution in [1.82, 2.24) is 4.90 Å². The van der Waals surface area contributed by atoms with Crippen molar-refractivity contribution >= 4 is 11.8 Å². The van der Waals surface area contributed by atoms with Crippen LogP contribution in [0.4, 0.5) is 8.78 Å². The van der Waals surface area contributed by atoms with Gasteiger partial charge in [0, 0.05) is 23.7 Å². The zero-order valence-electron chi connectivity index (χ0n) is 10.5. The molecule has 0 unspecified atom stereocenters. The van der Waals surface area contributed by atoms with Crippen molar-refractivity contribution in [1.29, 1.82) is 0 Å². The predicted octanol–water partition coefficient (Wildman–Crippen LogP) is 2.65. The van der Waals surface area contributed by atoms with E-state index in [1.54, 1.807) is 16.7 Å². The van der Waals surface area contributed by atoms with E-state index in [1.165, 1.54) is 5.56 Å². The molecule has 0 spiro atoms. The summed E-state index contributed by atoms with van der Waals surface area (Å²) in [6.07, 6.45) is -2.35. The highest BCUT2D eigenvalue weighted by Gasteiger charge is 2.11. The van der Waals surface area contributed by atoms with Gasteiger partial charge in [-0.05, 0) is 19.1 Å². The van der Waals surface area contributed by atoms with Gasteiger partial charge in [0.05, 0.1) is 13.2 Å². The van der Waals surface area contributed by atoms with Crippen molar-refractivity contribution in [3.05, 3.63) is 29.8 Å². The van der Waals surface area contributed by atoms with E-state index in [0.717, 1.165) is 10.6 Å². The first-order valence-corrected chi connectivity index (χ1v) is 6.91. The number of hydrogen-bond donors (Lipinski definition) is 1. The number of alkyl halides is 2. The maximum Gasteiger partial charge on any atom is 0.251 e. The van der Waals surface area contributed by atoms with Crippen LogP contribution in [0.2, 0.25) is 0 Å². The van der Waals surface area contributed by atoms with Gasteiger partial charge < -0.3 is 5.11 Å². The maximum atomic E-state index is 12.3. The average molecular weight is 275 g/mol. The fourth-order valence-electron chi connectivity index (χ4n) is 1.56. The van der Waals surface area contributed by atoms with Crippen LogP contribution >= 0.6 is 11.8 Å². The lowest BCUT2D eigenvalue weighted by Crippen LogP contribution is -2.33. The van der Waals surface area contributed by atoms with Crippen LogP contribution < -0.4 is 0 Å². The molecule has 0 fully saturated rings. The second-order valence-corrected chi connectivity index (χ2v) is 5.25. The van der Waals surface area contributed by atoms with Crippen LogP contribution in [0.5, 0.6) is 0 Å². The molecule has 5 heteroatoms. The van der Waals surface area contributed by atoms with Crippen LogP contribution in [0.1, 0.15) is 5.56 Å². The van der Waals surface area contributed by atoms with E-state index in [2.05, 4.69) is 0 Å². The smallest absolute Gasteiger partial charge is 0.251 e. The Hall–Kier alpha value is -0.650. The minimum Gasteiger partial charge on any atom is -0.395 e. The van der Waals surface area contributed by atoms with Gasteiger partial charge in [0.25, 0.3) is 6.43 Å². The van der Waals surface area contributed by atoms with E-state index >= 15 is 0 Å². The van der Waals surface area contributed by atoms with Gasteiger partial charge in [-0.15, -0.1) is 11.8 Å². The molecule has 0 aliphatic rings. The molecule has 0 aliphatic carbocycles. The zero-order valence-corrected chi connectivity index (χ0v) is 11.3. The molecule has 0 saturated carbocycles. The molecule has 102 valence electrons. The van der Waals surface area contributed by atoms with Crippen molar-refractivity contribution in [2.45, 2.75) is 18.2 Å². The lowest BCUT2D eigenvalue weighted by molar-refractivity contribution is 0.0818. The Kier molecular flexibility index (Phi) is 7.23. The van der Waals surface area contributed by atoms with Gasteiger partial charge >= 0.3 is 0 Å². The fraction of sp³-hybridized carbons (Fsp3) is 0.538. The van der Waals surface area contributed by atoms with Gasteiger partial charge in [-0.1, -0.05) is 17.7 Å². The summed E-state index contributed by atoms with van der Waals surface area (Å²) in [7, 11) is 0. The number of halogens is 2. The highest BCUT2D eigenvalue weighted by molar-refractivity contribution is 7.99. The average Bonchev–Trinajstić information content (AvgIpc) is 2.31. The van der Waals surface area contributed by atoms with E-state index < -0.39 is 6.43 Å². The standard InChI is InChI=1S/C13H19F2NOS/c1-11-2-4-12(5-3-11)18-9-7-16(6-8-17)10-13(14)15/h2-5,13,17H,6-10H2,1H3. The lowest BCUT2D eigenvalue weighted by Gasteiger charge is -2.20. The second-order valence-electron chi connectivity index (χ2n) is 4.08. The molecule has 1 rings (SSSR count). The number of aliphatic hydroxyl groups excluding tert-OH is 1. The van der Waals surface area contributed by atoms with Gasteiger partial charge in [-0.3, -0.25) is 4.90 Å². The molecule has 18 heavy (non-hydrogen) atoms. The molecule has 1 N–H and O–H groups in total. The normalized spacial score (nSPS) is 11.4. The SMILES string of the molecule is Cc1ccc(SCCN(CCO)CC(F)F)cc1. The molecular weight excluding hydrogens is 256 g/mol. The van der Waals surface area contributed by atoms with Crippen LogP contribution in [0, 0.1) is 6.92 Å². The molecule has 1 aromatic rings. The monoisotopic (exact) mass is 275 g/mol. The van der Waals surface area contributed by atoms with Crippen molar-refractivity contribution in [3.8, 4) is 0 Å². The van der Waals surface area contributed by atoms with E-state index in [4.69, 9.17) is 5.11 Å². The van der Waals surface area contributed by atoms with Crippen LogP contribution in [-0.2, 0) is 0 Å².